The highest BCUT2D eigenvalue weighted by molar-refractivity contribution is 9.10. The van der Waals surface area contributed by atoms with E-state index in [1.54, 1.807) is 6.20 Å². The quantitative estimate of drug-likeness (QED) is 0.771. The minimum atomic E-state index is -0.298. The molecule has 0 aliphatic heterocycles. The largest absolute Gasteiger partial charge is 0.469 e. The average Bonchev–Trinajstić information content (AvgIpc) is 2.42. The summed E-state index contributed by atoms with van der Waals surface area (Å²) in [5, 5.41) is 7.07. The third kappa shape index (κ3) is 4.66. The fourth-order valence-electron chi connectivity index (χ4n) is 1.46. The number of nitrogens with zero attached hydrogens (tertiary/aromatic N) is 2. The molecule has 0 spiro atoms. The number of methoxy groups -OCH3 is 1. The summed E-state index contributed by atoms with van der Waals surface area (Å²) in [4.78, 5) is 22.9. The van der Waals surface area contributed by atoms with E-state index in [9.17, 15) is 9.59 Å². The molecular formula is C12H18BrN3O3. The van der Waals surface area contributed by atoms with Gasteiger partial charge in [0, 0.05) is 13.1 Å². The maximum atomic E-state index is 12.0. The second-order valence-corrected chi connectivity index (χ2v) is 4.80. The van der Waals surface area contributed by atoms with E-state index in [4.69, 9.17) is 0 Å². The number of halogens is 1. The summed E-state index contributed by atoms with van der Waals surface area (Å²) < 4.78 is 6.40. The van der Waals surface area contributed by atoms with E-state index in [0.29, 0.717) is 23.2 Å². The van der Waals surface area contributed by atoms with Crippen molar-refractivity contribution in [1.82, 2.24) is 9.78 Å². The molecule has 0 fully saturated rings. The van der Waals surface area contributed by atoms with Gasteiger partial charge < -0.3 is 10.1 Å². The lowest BCUT2D eigenvalue weighted by atomic mass is 10.3. The molecule has 0 radical (unpaired) electrons. The van der Waals surface area contributed by atoms with Crippen LogP contribution in [-0.2, 0) is 16.1 Å². The van der Waals surface area contributed by atoms with Crippen molar-refractivity contribution in [3.05, 3.63) is 21.0 Å². The fourth-order valence-corrected chi connectivity index (χ4v) is 1.90. The lowest BCUT2D eigenvalue weighted by Crippen LogP contribution is -2.25. The smallest absolute Gasteiger partial charge is 0.307 e. The van der Waals surface area contributed by atoms with E-state index in [1.807, 2.05) is 0 Å². The normalized spacial score (nSPS) is 10.3. The van der Waals surface area contributed by atoms with Crippen LogP contribution in [0.5, 0.6) is 0 Å². The van der Waals surface area contributed by atoms with Crippen LogP contribution in [-0.4, -0.2) is 29.4 Å². The molecule has 106 valence electrons. The van der Waals surface area contributed by atoms with Gasteiger partial charge in [0.15, 0.2) is 0 Å². The van der Waals surface area contributed by atoms with Crippen LogP contribution >= 0.6 is 15.9 Å². The number of ether oxygens (including phenoxy) is 1. The minimum absolute atomic E-state index is 0.170. The van der Waals surface area contributed by atoms with Gasteiger partial charge in [-0.25, -0.2) is 4.68 Å². The van der Waals surface area contributed by atoms with Crippen molar-refractivity contribution in [3.8, 4) is 0 Å². The van der Waals surface area contributed by atoms with E-state index >= 15 is 0 Å². The Morgan fingerprint density at radius 2 is 2.32 bits per heavy atom. The number of hydrogen-bond acceptors (Lipinski definition) is 5. The molecule has 7 heteroatoms. The molecule has 19 heavy (non-hydrogen) atoms. The van der Waals surface area contributed by atoms with E-state index in [-0.39, 0.29) is 17.9 Å². The highest BCUT2D eigenvalue weighted by atomic mass is 79.9. The monoisotopic (exact) mass is 331 g/mol. The molecule has 0 aliphatic rings. The summed E-state index contributed by atoms with van der Waals surface area (Å²) in [6, 6.07) is 0. The van der Waals surface area contributed by atoms with Crippen LogP contribution in [0.4, 0.5) is 5.69 Å². The maximum Gasteiger partial charge on any atom is 0.307 e. The standard InChI is InChI=1S/C12H18BrN3O3/c1-3-4-7-16-12(18)11(13)9(8-15-16)14-6-5-10(17)19-2/h8,14H,3-7H2,1-2H3. The van der Waals surface area contributed by atoms with Gasteiger partial charge in [0.25, 0.3) is 5.56 Å². The van der Waals surface area contributed by atoms with Gasteiger partial charge in [-0.1, -0.05) is 13.3 Å². The van der Waals surface area contributed by atoms with Crippen LogP contribution in [0.3, 0.4) is 0 Å². The number of aromatic nitrogens is 2. The van der Waals surface area contributed by atoms with Crippen LogP contribution in [0.25, 0.3) is 0 Å². The minimum Gasteiger partial charge on any atom is -0.469 e. The molecule has 1 aromatic rings. The van der Waals surface area contributed by atoms with Crippen LogP contribution in [0.1, 0.15) is 26.2 Å². The molecule has 0 amide bonds. The molecule has 1 heterocycles. The van der Waals surface area contributed by atoms with Crippen LogP contribution in [0.15, 0.2) is 15.5 Å². The third-order valence-corrected chi connectivity index (χ3v) is 3.35. The second-order valence-electron chi connectivity index (χ2n) is 4.01. The van der Waals surface area contributed by atoms with Gasteiger partial charge in [0.05, 0.1) is 25.4 Å². The summed E-state index contributed by atoms with van der Waals surface area (Å²) in [7, 11) is 1.34. The Balaban J connectivity index is 2.68. The average molecular weight is 332 g/mol. The number of carbonyl (C=O) groups is 1. The van der Waals surface area contributed by atoms with Crippen LogP contribution < -0.4 is 10.9 Å². The van der Waals surface area contributed by atoms with Gasteiger partial charge in [-0.3, -0.25) is 9.59 Å². The first-order valence-corrected chi connectivity index (χ1v) is 6.95. The number of hydrogen-bond donors (Lipinski definition) is 1. The molecule has 0 aliphatic carbocycles. The molecule has 0 saturated heterocycles. The maximum absolute atomic E-state index is 12.0. The van der Waals surface area contributed by atoms with Crippen LogP contribution in [0.2, 0.25) is 0 Å². The molecular weight excluding hydrogens is 314 g/mol. The number of nitrogens with one attached hydrogen (secondary N) is 1. The summed E-state index contributed by atoms with van der Waals surface area (Å²) in [6.45, 7) is 3.06. The third-order valence-electron chi connectivity index (χ3n) is 2.58. The Kier molecular flexibility index (Phi) is 6.55. The predicted molar refractivity (Wildman–Crippen MR) is 76.2 cm³/mol. The highest BCUT2D eigenvalue weighted by Gasteiger charge is 2.08. The number of aryl methyl sites for hydroxylation is 1. The van der Waals surface area contributed by atoms with Crippen molar-refractivity contribution in [2.45, 2.75) is 32.7 Å². The molecule has 1 aromatic heterocycles. The molecule has 0 atom stereocenters. The summed E-state index contributed by atoms with van der Waals surface area (Å²) >= 11 is 3.26. The van der Waals surface area contributed by atoms with E-state index in [1.165, 1.54) is 11.8 Å². The van der Waals surface area contributed by atoms with Gasteiger partial charge in [-0.2, -0.15) is 5.10 Å². The number of esters is 1. The first-order valence-electron chi connectivity index (χ1n) is 6.16. The van der Waals surface area contributed by atoms with Crippen molar-refractivity contribution in [3.63, 3.8) is 0 Å². The van der Waals surface area contributed by atoms with Gasteiger partial charge >= 0.3 is 5.97 Å². The topological polar surface area (TPSA) is 73.2 Å². The van der Waals surface area contributed by atoms with Crippen molar-refractivity contribution in [2.75, 3.05) is 19.0 Å². The zero-order valence-corrected chi connectivity index (χ0v) is 12.7. The lowest BCUT2D eigenvalue weighted by Gasteiger charge is -2.09. The van der Waals surface area contributed by atoms with Crippen molar-refractivity contribution >= 4 is 27.6 Å². The molecule has 6 nitrogen and oxygen atoms in total. The number of rotatable bonds is 7. The molecule has 0 bridgehead atoms. The molecule has 0 unspecified atom stereocenters. The molecule has 1 N–H and O–H groups in total. The fraction of sp³-hybridized carbons (Fsp3) is 0.583. The number of carbonyl (C=O) groups excluding carboxylic acids is 1. The summed E-state index contributed by atoms with van der Waals surface area (Å²) in [5.74, 6) is -0.298. The molecule has 0 saturated carbocycles. The SMILES string of the molecule is CCCCn1ncc(NCCC(=O)OC)c(Br)c1=O. The highest BCUT2D eigenvalue weighted by Crippen LogP contribution is 2.16. The lowest BCUT2D eigenvalue weighted by molar-refractivity contribution is -0.140. The zero-order chi connectivity index (χ0) is 14.3. The van der Waals surface area contributed by atoms with Crippen LogP contribution in [0, 0.1) is 0 Å². The van der Waals surface area contributed by atoms with Gasteiger partial charge in [0.1, 0.15) is 4.47 Å². The second kappa shape index (κ2) is 7.93. The van der Waals surface area contributed by atoms with Crippen molar-refractivity contribution in [2.24, 2.45) is 0 Å². The van der Waals surface area contributed by atoms with E-state index < -0.39 is 0 Å². The van der Waals surface area contributed by atoms with Crippen molar-refractivity contribution < 1.29 is 9.53 Å². The predicted octanol–water partition coefficient (Wildman–Crippen LogP) is 1.78. The molecule has 0 aromatic carbocycles. The Morgan fingerprint density at radius 1 is 1.58 bits per heavy atom. The Hall–Kier alpha value is -1.37. The van der Waals surface area contributed by atoms with E-state index in [0.717, 1.165) is 12.8 Å². The Bertz CT molecular complexity index is 488. The number of unbranched alkanes of at least 4 members (excludes halogenated alkanes) is 1. The van der Waals surface area contributed by atoms with Gasteiger partial charge in [-0.15, -0.1) is 0 Å². The van der Waals surface area contributed by atoms with Gasteiger partial charge in [0.2, 0.25) is 0 Å². The Morgan fingerprint density at radius 3 is 2.95 bits per heavy atom. The first-order chi connectivity index (χ1) is 9.10. The summed E-state index contributed by atoms with van der Waals surface area (Å²) in [6.07, 6.45) is 3.74. The molecule has 1 rings (SSSR count). The first kappa shape index (κ1) is 15.7. The number of anilines is 1. The van der Waals surface area contributed by atoms with Crippen molar-refractivity contribution in [1.29, 1.82) is 0 Å². The summed E-state index contributed by atoms with van der Waals surface area (Å²) in [5.41, 5.74) is 0.415. The zero-order valence-electron chi connectivity index (χ0n) is 11.1. The Labute approximate surface area is 120 Å². The van der Waals surface area contributed by atoms with E-state index in [2.05, 4.69) is 38.0 Å². The van der Waals surface area contributed by atoms with Gasteiger partial charge in [-0.05, 0) is 22.4 Å².